The number of aromatic carboxylic acids is 1. The van der Waals surface area contributed by atoms with E-state index >= 15 is 0 Å². The van der Waals surface area contributed by atoms with E-state index in [4.69, 9.17) is 5.11 Å². The first-order chi connectivity index (χ1) is 7.38. The van der Waals surface area contributed by atoms with Crippen LogP contribution in [0.4, 0.5) is 13.2 Å². The van der Waals surface area contributed by atoms with Gasteiger partial charge in [-0.1, -0.05) is 0 Å². The molecule has 6 nitrogen and oxygen atoms in total. The van der Waals surface area contributed by atoms with E-state index in [1.807, 2.05) is 0 Å². The number of aromatic nitrogens is 4. The summed E-state index contributed by atoms with van der Waals surface area (Å²) in [6, 6.07) is 0. The number of carbonyl (C=O) groups is 1. The van der Waals surface area contributed by atoms with Crippen molar-refractivity contribution in [3.63, 3.8) is 0 Å². The highest BCUT2D eigenvalue weighted by molar-refractivity contribution is 5.85. The predicted molar refractivity (Wildman–Crippen MR) is 42.7 cm³/mol. The Kier molecular flexibility index (Phi) is 2.04. The quantitative estimate of drug-likeness (QED) is 0.787. The number of carboxylic acid groups (broad SMARTS) is 1. The first kappa shape index (κ1) is 10.3. The average molecular weight is 232 g/mol. The number of rotatable bonds is 1. The predicted octanol–water partition coefficient (Wildman–Crippen LogP) is 0.841. The topological polar surface area (TPSA) is 80.4 Å². The zero-order valence-electron chi connectivity index (χ0n) is 7.43. The Morgan fingerprint density at radius 1 is 1.44 bits per heavy atom. The van der Waals surface area contributed by atoms with Gasteiger partial charge in [-0.25, -0.2) is 19.3 Å². The molecule has 0 spiro atoms. The third-order valence-corrected chi connectivity index (χ3v) is 1.69. The summed E-state index contributed by atoms with van der Waals surface area (Å²) in [5.41, 5.74) is -0.580. The normalized spacial score (nSPS) is 11.9. The minimum Gasteiger partial charge on any atom is -0.476 e. The van der Waals surface area contributed by atoms with Crippen molar-refractivity contribution in [1.82, 2.24) is 19.6 Å². The minimum atomic E-state index is -4.67. The van der Waals surface area contributed by atoms with Gasteiger partial charge in [0.05, 0.1) is 12.4 Å². The summed E-state index contributed by atoms with van der Waals surface area (Å²) in [5, 5.41) is 11.7. The second-order valence-electron chi connectivity index (χ2n) is 2.81. The summed E-state index contributed by atoms with van der Waals surface area (Å²) in [7, 11) is 0. The Morgan fingerprint density at radius 2 is 2.12 bits per heavy atom. The Morgan fingerprint density at radius 3 is 2.69 bits per heavy atom. The van der Waals surface area contributed by atoms with Gasteiger partial charge in [0.25, 0.3) is 5.82 Å². The van der Waals surface area contributed by atoms with Gasteiger partial charge in [0, 0.05) is 0 Å². The van der Waals surface area contributed by atoms with Crippen molar-refractivity contribution >= 4 is 11.6 Å². The molecule has 0 amide bonds. The molecule has 0 unspecified atom stereocenters. The zero-order chi connectivity index (χ0) is 11.9. The molecule has 2 aromatic heterocycles. The summed E-state index contributed by atoms with van der Waals surface area (Å²) >= 11 is 0. The summed E-state index contributed by atoms with van der Waals surface area (Å²) in [6.45, 7) is 0. The molecular weight excluding hydrogens is 229 g/mol. The van der Waals surface area contributed by atoms with E-state index in [1.54, 1.807) is 0 Å². The fraction of sp³-hybridized carbons (Fsp3) is 0.143. The van der Waals surface area contributed by atoms with Crippen molar-refractivity contribution in [2.45, 2.75) is 6.18 Å². The van der Waals surface area contributed by atoms with Crippen LogP contribution in [0.15, 0.2) is 12.4 Å². The van der Waals surface area contributed by atoms with Crippen LogP contribution in [-0.4, -0.2) is 30.7 Å². The van der Waals surface area contributed by atoms with Crippen LogP contribution >= 0.6 is 0 Å². The van der Waals surface area contributed by atoms with Gasteiger partial charge in [-0.15, -0.1) is 5.10 Å². The van der Waals surface area contributed by atoms with E-state index in [-0.39, 0.29) is 5.65 Å². The third-order valence-electron chi connectivity index (χ3n) is 1.69. The SMILES string of the molecule is O=C(O)c1cn2nc(C(F)(F)F)nc2cn1. The van der Waals surface area contributed by atoms with Crippen LogP contribution in [0.1, 0.15) is 16.3 Å². The molecule has 0 aliphatic carbocycles. The molecule has 2 rings (SSSR count). The maximum absolute atomic E-state index is 12.2. The number of hydrogen-bond acceptors (Lipinski definition) is 4. The Hall–Kier alpha value is -2.19. The molecule has 0 aliphatic rings. The molecule has 2 aromatic rings. The van der Waals surface area contributed by atoms with Crippen molar-refractivity contribution in [2.24, 2.45) is 0 Å². The van der Waals surface area contributed by atoms with E-state index in [0.717, 1.165) is 16.9 Å². The van der Waals surface area contributed by atoms with E-state index in [0.29, 0.717) is 0 Å². The van der Waals surface area contributed by atoms with Crippen molar-refractivity contribution in [3.05, 3.63) is 23.9 Å². The average Bonchev–Trinajstić information content (AvgIpc) is 2.58. The maximum Gasteiger partial charge on any atom is 0.453 e. The van der Waals surface area contributed by atoms with E-state index in [2.05, 4.69) is 15.1 Å². The van der Waals surface area contributed by atoms with Gasteiger partial charge in [-0.2, -0.15) is 13.2 Å². The first-order valence-corrected chi connectivity index (χ1v) is 3.91. The van der Waals surface area contributed by atoms with Crippen LogP contribution in [-0.2, 0) is 6.18 Å². The molecule has 2 heterocycles. The van der Waals surface area contributed by atoms with Crippen LogP contribution in [0.5, 0.6) is 0 Å². The van der Waals surface area contributed by atoms with Gasteiger partial charge in [0.2, 0.25) is 0 Å². The van der Waals surface area contributed by atoms with Crippen LogP contribution in [0.3, 0.4) is 0 Å². The Labute approximate surface area is 85.4 Å². The minimum absolute atomic E-state index is 0.169. The van der Waals surface area contributed by atoms with Gasteiger partial charge in [0.15, 0.2) is 11.3 Å². The monoisotopic (exact) mass is 232 g/mol. The van der Waals surface area contributed by atoms with E-state index in [9.17, 15) is 18.0 Å². The molecular formula is C7H3F3N4O2. The number of carboxylic acids is 1. The van der Waals surface area contributed by atoms with Crippen molar-refractivity contribution in [1.29, 1.82) is 0 Å². The highest BCUT2D eigenvalue weighted by Gasteiger charge is 2.36. The lowest BCUT2D eigenvalue weighted by Gasteiger charge is -1.96. The summed E-state index contributed by atoms with van der Waals surface area (Å²) in [5.74, 6) is -2.69. The van der Waals surface area contributed by atoms with Gasteiger partial charge in [-0.05, 0) is 0 Å². The molecule has 0 radical (unpaired) electrons. The van der Waals surface area contributed by atoms with Crippen molar-refractivity contribution < 1.29 is 23.1 Å². The Balaban J connectivity index is 2.59. The summed E-state index contributed by atoms with van der Waals surface area (Å²) in [4.78, 5) is 17.1. The summed E-state index contributed by atoms with van der Waals surface area (Å²) < 4.78 is 37.4. The molecule has 0 fully saturated rings. The van der Waals surface area contributed by atoms with Crippen LogP contribution in [0.2, 0.25) is 0 Å². The maximum atomic E-state index is 12.2. The zero-order valence-corrected chi connectivity index (χ0v) is 7.43. The van der Waals surface area contributed by atoms with Crippen molar-refractivity contribution in [3.8, 4) is 0 Å². The molecule has 0 aromatic carbocycles. The number of nitrogens with zero attached hydrogens (tertiary/aromatic N) is 4. The molecule has 16 heavy (non-hydrogen) atoms. The second-order valence-corrected chi connectivity index (χ2v) is 2.81. The lowest BCUT2D eigenvalue weighted by atomic mass is 10.5. The lowest BCUT2D eigenvalue weighted by molar-refractivity contribution is -0.144. The molecule has 0 bridgehead atoms. The number of fused-ring (bicyclic) bond motifs is 1. The van der Waals surface area contributed by atoms with E-state index < -0.39 is 23.7 Å². The molecule has 1 N–H and O–H groups in total. The molecule has 0 atom stereocenters. The number of halogens is 3. The largest absolute Gasteiger partial charge is 0.476 e. The molecule has 9 heteroatoms. The lowest BCUT2D eigenvalue weighted by Crippen LogP contribution is -2.07. The highest BCUT2D eigenvalue weighted by atomic mass is 19.4. The first-order valence-electron chi connectivity index (χ1n) is 3.91. The molecule has 0 saturated heterocycles. The van der Waals surface area contributed by atoms with E-state index in [1.165, 1.54) is 0 Å². The van der Waals surface area contributed by atoms with Crippen LogP contribution in [0, 0.1) is 0 Å². The second kappa shape index (κ2) is 3.15. The fourth-order valence-electron chi connectivity index (χ4n) is 1.03. The molecule has 0 saturated carbocycles. The molecule has 84 valence electrons. The summed E-state index contributed by atoms with van der Waals surface area (Å²) in [6.07, 6.45) is -2.90. The van der Waals surface area contributed by atoms with Crippen LogP contribution < -0.4 is 0 Å². The van der Waals surface area contributed by atoms with Gasteiger partial charge < -0.3 is 5.11 Å². The standard InChI is InChI=1S/C7H3F3N4O2/c8-7(9,10)6-12-4-1-11-3(5(15)16)2-14(4)13-6/h1-2H,(H,15,16). The van der Waals surface area contributed by atoms with Gasteiger partial charge in [0.1, 0.15) is 0 Å². The van der Waals surface area contributed by atoms with Crippen LogP contribution in [0.25, 0.3) is 5.65 Å². The highest BCUT2D eigenvalue weighted by Crippen LogP contribution is 2.26. The Bertz CT molecular complexity index is 562. The smallest absolute Gasteiger partial charge is 0.453 e. The fourth-order valence-corrected chi connectivity index (χ4v) is 1.03. The number of alkyl halides is 3. The van der Waals surface area contributed by atoms with Gasteiger partial charge in [-0.3, -0.25) is 0 Å². The molecule has 0 aliphatic heterocycles. The number of hydrogen-bond donors (Lipinski definition) is 1. The van der Waals surface area contributed by atoms with Gasteiger partial charge >= 0.3 is 12.1 Å². The van der Waals surface area contributed by atoms with Crippen molar-refractivity contribution in [2.75, 3.05) is 0 Å². The third kappa shape index (κ3) is 1.66.